The molecule has 3 nitrogen and oxygen atoms in total. The summed E-state index contributed by atoms with van der Waals surface area (Å²) in [5.74, 6) is 0.913. The Kier molecular flexibility index (Phi) is 5.56. The quantitative estimate of drug-likeness (QED) is 0.837. The molecule has 0 aliphatic rings. The van der Waals surface area contributed by atoms with E-state index in [1.807, 2.05) is 43.6 Å². The van der Waals surface area contributed by atoms with Gasteiger partial charge in [0.2, 0.25) is 0 Å². The monoisotopic (exact) mass is 270 g/mol. The fraction of sp³-hybridized carbons (Fsp3) is 0.353. The largest absolute Gasteiger partial charge is 0.493 e. The van der Waals surface area contributed by atoms with E-state index in [-0.39, 0.29) is 0 Å². The molecule has 0 radical (unpaired) electrons. The molecular weight excluding hydrogens is 248 g/mol. The molecule has 0 spiro atoms. The van der Waals surface area contributed by atoms with Gasteiger partial charge in [-0.3, -0.25) is 4.98 Å². The highest BCUT2D eigenvalue weighted by Crippen LogP contribution is 2.19. The zero-order valence-corrected chi connectivity index (χ0v) is 12.2. The van der Waals surface area contributed by atoms with Crippen molar-refractivity contribution >= 4 is 0 Å². The second-order valence-corrected chi connectivity index (χ2v) is 4.74. The maximum atomic E-state index is 5.75. The van der Waals surface area contributed by atoms with Gasteiger partial charge in [-0.05, 0) is 43.3 Å². The highest BCUT2D eigenvalue weighted by atomic mass is 16.5. The maximum absolute atomic E-state index is 5.75. The minimum atomic E-state index is 0.414. The molecule has 0 saturated heterocycles. The molecule has 0 aliphatic heterocycles. The zero-order valence-electron chi connectivity index (χ0n) is 12.2. The lowest BCUT2D eigenvalue weighted by atomic mass is 10.0. The van der Waals surface area contributed by atoms with Crippen LogP contribution < -0.4 is 10.1 Å². The van der Waals surface area contributed by atoms with E-state index < -0.39 is 0 Å². The maximum Gasteiger partial charge on any atom is 0.119 e. The molecule has 1 heterocycles. The van der Waals surface area contributed by atoms with E-state index in [9.17, 15) is 0 Å². The van der Waals surface area contributed by atoms with Crippen molar-refractivity contribution in [1.82, 2.24) is 10.3 Å². The van der Waals surface area contributed by atoms with Crippen LogP contribution in [-0.4, -0.2) is 18.6 Å². The van der Waals surface area contributed by atoms with Crippen molar-refractivity contribution in [2.24, 2.45) is 0 Å². The fourth-order valence-corrected chi connectivity index (χ4v) is 2.22. The summed E-state index contributed by atoms with van der Waals surface area (Å²) in [7, 11) is 1.99. The summed E-state index contributed by atoms with van der Waals surface area (Å²) in [6.07, 6.45) is 3.72. The Morgan fingerprint density at radius 3 is 2.55 bits per heavy atom. The molecule has 0 amide bonds. The van der Waals surface area contributed by atoms with Crippen LogP contribution in [0.1, 0.15) is 30.6 Å². The van der Waals surface area contributed by atoms with Gasteiger partial charge in [-0.2, -0.15) is 0 Å². The van der Waals surface area contributed by atoms with Gasteiger partial charge in [0.15, 0.2) is 0 Å². The number of nitrogens with one attached hydrogen (secondary N) is 1. The molecule has 0 bridgehead atoms. The Hall–Kier alpha value is -1.87. The summed E-state index contributed by atoms with van der Waals surface area (Å²) in [4.78, 5) is 4.28. The van der Waals surface area contributed by atoms with Gasteiger partial charge in [-0.15, -0.1) is 0 Å². The van der Waals surface area contributed by atoms with Gasteiger partial charge in [0.1, 0.15) is 5.75 Å². The first-order chi connectivity index (χ1) is 9.83. The number of aromatic nitrogens is 1. The van der Waals surface area contributed by atoms with Crippen LogP contribution in [0.2, 0.25) is 0 Å². The molecule has 2 rings (SSSR count). The molecule has 2 aromatic rings. The molecule has 0 saturated carbocycles. The Balaban J connectivity index is 1.85. The topological polar surface area (TPSA) is 34.1 Å². The van der Waals surface area contributed by atoms with Crippen LogP contribution in [-0.2, 0) is 6.42 Å². The van der Waals surface area contributed by atoms with Crippen molar-refractivity contribution in [2.75, 3.05) is 13.7 Å². The van der Waals surface area contributed by atoms with Gasteiger partial charge < -0.3 is 10.1 Å². The van der Waals surface area contributed by atoms with Crippen molar-refractivity contribution in [3.8, 4) is 5.75 Å². The van der Waals surface area contributed by atoms with Crippen molar-refractivity contribution in [3.63, 3.8) is 0 Å². The Labute approximate surface area is 121 Å². The molecule has 1 aromatic carbocycles. The predicted octanol–water partition coefficient (Wildman–Crippen LogP) is 3.37. The molecule has 0 fully saturated rings. The lowest BCUT2D eigenvalue weighted by Crippen LogP contribution is -2.14. The predicted molar refractivity (Wildman–Crippen MR) is 82.0 cm³/mol. The summed E-state index contributed by atoms with van der Waals surface area (Å²) in [5, 5.41) is 3.30. The zero-order chi connectivity index (χ0) is 14.2. The van der Waals surface area contributed by atoms with E-state index in [1.54, 1.807) is 0 Å². The Morgan fingerprint density at radius 1 is 1.15 bits per heavy atom. The van der Waals surface area contributed by atoms with E-state index in [0.717, 1.165) is 24.3 Å². The highest BCUT2D eigenvalue weighted by Gasteiger charge is 2.05. The second-order valence-electron chi connectivity index (χ2n) is 4.74. The van der Waals surface area contributed by atoms with E-state index in [4.69, 9.17) is 4.74 Å². The molecule has 1 unspecified atom stereocenters. The number of benzene rings is 1. The minimum absolute atomic E-state index is 0.414. The van der Waals surface area contributed by atoms with Gasteiger partial charge in [0.25, 0.3) is 0 Å². The Bertz CT molecular complexity index is 492. The van der Waals surface area contributed by atoms with Gasteiger partial charge in [-0.25, -0.2) is 0 Å². The van der Waals surface area contributed by atoms with Crippen LogP contribution in [0.25, 0.3) is 0 Å². The van der Waals surface area contributed by atoms with Crippen molar-refractivity contribution in [3.05, 3.63) is 59.9 Å². The summed E-state index contributed by atoms with van der Waals surface area (Å²) < 4.78 is 5.75. The molecule has 106 valence electrons. The first-order valence-electron chi connectivity index (χ1n) is 7.13. The number of hydrogen-bond donors (Lipinski definition) is 1. The summed E-state index contributed by atoms with van der Waals surface area (Å²) in [6.45, 7) is 2.83. The van der Waals surface area contributed by atoms with E-state index in [0.29, 0.717) is 12.6 Å². The molecule has 0 aliphatic carbocycles. The van der Waals surface area contributed by atoms with Gasteiger partial charge in [0.05, 0.1) is 6.61 Å². The number of rotatable bonds is 7. The molecule has 3 heteroatoms. The molecule has 1 aromatic heterocycles. The van der Waals surface area contributed by atoms with Crippen LogP contribution in [0.15, 0.2) is 48.7 Å². The highest BCUT2D eigenvalue weighted by molar-refractivity contribution is 5.29. The van der Waals surface area contributed by atoms with Gasteiger partial charge in [0, 0.05) is 24.4 Å². The van der Waals surface area contributed by atoms with Crippen LogP contribution in [0.5, 0.6) is 5.75 Å². The Morgan fingerprint density at radius 2 is 1.95 bits per heavy atom. The second kappa shape index (κ2) is 7.65. The lowest BCUT2D eigenvalue weighted by Gasteiger charge is -2.14. The first kappa shape index (κ1) is 14.5. The molecular formula is C17H22N2O. The SMILES string of the molecule is CCC(NC)c1ccc(OCCc2ccccn2)cc1. The van der Waals surface area contributed by atoms with E-state index in [2.05, 4.69) is 29.4 Å². The van der Waals surface area contributed by atoms with Crippen molar-refractivity contribution < 1.29 is 4.74 Å². The number of pyridine rings is 1. The third kappa shape index (κ3) is 4.07. The summed E-state index contributed by atoms with van der Waals surface area (Å²) >= 11 is 0. The molecule has 1 atom stereocenters. The standard InChI is InChI=1S/C17H22N2O/c1-3-17(18-2)14-7-9-16(10-8-14)20-13-11-15-6-4-5-12-19-15/h4-10,12,17-18H,3,11,13H2,1-2H3. The number of ether oxygens (including phenoxy) is 1. The van der Waals surface area contributed by atoms with E-state index >= 15 is 0 Å². The first-order valence-corrected chi connectivity index (χ1v) is 7.13. The van der Waals surface area contributed by atoms with Crippen LogP contribution in [0, 0.1) is 0 Å². The third-order valence-electron chi connectivity index (χ3n) is 3.39. The number of nitrogens with zero attached hydrogens (tertiary/aromatic N) is 1. The smallest absolute Gasteiger partial charge is 0.119 e. The van der Waals surface area contributed by atoms with Gasteiger partial charge >= 0.3 is 0 Å². The van der Waals surface area contributed by atoms with Crippen molar-refractivity contribution in [1.29, 1.82) is 0 Å². The van der Waals surface area contributed by atoms with E-state index in [1.165, 1.54) is 5.56 Å². The average Bonchev–Trinajstić information content (AvgIpc) is 2.51. The third-order valence-corrected chi connectivity index (χ3v) is 3.39. The van der Waals surface area contributed by atoms with Crippen LogP contribution in [0.4, 0.5) is 0 Å². The molecule has 20 heavy (non-hydrogen) atoms. The minimum Gasteiger partial charge on any atom is -0.493 e. The lowest BCUT2D eigenvalue weighted by molar-refractivity contribution is 0.320. The summed E-state index contributed by atoms with van der Waals surface area (Å²) in [5.41, 5.74) is 2.36. The fourth-order valence-electron chi connectivity index (χ4n) is 2.22. The van der Waals surface area contributed by atoms with Gasteiger partial charge in [-0.1, -0.05) is 25.1 Å². The van der Waals surface area contributed by atoms with Crippen LogP contribution >= 0.6 is 0 Å². The average molecular weight is 270 g/mol. The van der Waals surface area contributed by atoms with Crippen molar-refractivity contribution in [2.45, 2.75) is 25.8 Å². The molecule has 1 N–H and O–H groups in total. The van der Waals surface area contributed by atoms with Crippen LogP contribution in [0.3, 0.4) is 0 Å². The normalized spacial score (nSPS) is 12.1. The summed E-state index contributed by atoms with van der Waals surface area (Å²) in [6, 6.07) is 14.7. The number of hydrogen-bond acceptors (Lipinski definition) is 3.